The van der Waals surface area contributed by atoms with Gasteiger partial charge in [-0.3, -0.25) is 0 Å². The Labute approximate surface area is 318 Å². The predicted octanol–water partition coefficient (Wildman–Crippen LogP) is 12.9. The molecule has 0 spiro atoms. The van der Waals surface area contributed by atoms with Crippen molar-refractivity contribution < 1.29 is 4.42 Å². The smallest absolute Gasteiger partial charge is 0.164 e. The lowest BCUT2D eigenvalue weighted by Gasteiger charge is -2.30. The van der Waals surface area contributed by atoms with E-state index in [1.54, 1.807) is 0 Å². The lowest BCUT2D eigenvalue weighted by atomic mass is 9.72. The zero-order chi connectivity index (χ0) is 36.3. The lowest BCUT2D eigenvalue weighted by molar-refractivity contribution is 0.480. The van der Waals surface area contributed by atoms with Crippen LogP contribution in [0.3, 0.4) is 0 Å². The molecule has 9 aromatic rings. The van der Waals surface area contributed by atoms with Gasteiger partial charge in [0.05, 0.1) is 5.92 Å². The molecule has 4 heteroatoms. The first-order chi connectivity index (χ1) is 27.2. The van der Waals surface area contributed by atoms with Crippen LogP contribution in [0.5, 0.6) is 0 Å². The van der Waals surface area contributed by atoms with Crippen LogP contribution in [0, 0.1) is 5.92 Å². The molecule has 0 bridgehead atoms. The molecule has 2 unspecified atom stereocenters. The maximum atomic E-state index is 6.97. The number of furan rings is 1. The average Bonchev–Trinajstić information content (AvgIpc) is 3.62. The van der Waals surface area contributed by atoms with Crippen molar-refractivity contribution in [2.24, 2.45) is 5.92 Å². The normalized spacial score (nSPS) is 16.0. The van der Waals surface area contributed by atoms with E-state index < -0.39 is 0 Å². The molecule has 258 valence electrons. The first kappa shape index (κ1) is 31.4. The fourth-order valence-electron chi connectivity index (χ4n) is 8.47. The van der Waals surface area contributed by atoms with Crippen molar-refractivity contribution >= 4 is 38.6 Å². The first-order valence-electron chi connectivity index (χ1n) is 18.8. The highest BCUT2D eigenvalue weighted by molar-refractivity contribution is 6.05. The Kier molecular flexibility index (Phi) is 7.27. The first-order valence-corrected chi connectivity index (χ1v) is 18.8. The Morgan fingerprint density at radius 3 is 1.89 bits per heavy atom. The molecule has 0 aliphatic heterocycles. The van der Waals surface area contributed by atoms with Crippen molar-refractivity contribution in [3.05, 3.63) is 204 Å². The Bertz CT molecular complexity index is 2990. The molecule has 7 aromatic carbocycles. The third kappa shape index (κ3) is 5.33. The van der Waals surface area contributed by atoms with Crippen LogP contribution >= 0.6 is 0 Å². The molecule has 2 aromatic heterocycles. The van der Waals surface area contributed by atoms with E-state index in [1.807, 2.05) is 60.7 Å². The fraction of sp³-hybridized carbons (Fsp3) is 0.0392. The molecule has 2 heterocycles. The Morgan fingerprint density at radius 1 is 0.473 bits per heavy atom. The van der Waals surface area contributed by atoms with Gasteiger partial charge in [-0.25, -0.2) is 15.0 Å². The van der Waals surface area contributed by atoms with E-state index in [-0.39, 0.29) is 11.8 Å². The van der Waals surface area contributed by atoms with Gasteiger partial charge in [0.1, 0.15) is 11.3 Å². The van der Waals surface area contributed by atoms with E-state index in [2.05, 4.69) is 127 Å². The number of hydrogen-bond donors (Lipinski definition) is 0. The third-order valence-electron chi connectivity index (χ3n) is 11.1. The SMILES string of the molecule is C1=CC2=Cc3c(oc4cc(-c5ccc(-c6nc(-c7ccccc7)nc(-c7ccccc7)n6)c6ccccc56)ccc34)C(c3ccc4ccccc4c3)C2C=C1. The summed E-state index contributed by atoms with van der Waals surface area (Å²) in [5.41, 5.74) is 9.71. The van der Waals surface area contributed by atoms with Gasteiger partial charge in [0.2, 0.25) is 0 Å². The van der Waals surface area contributed by atoms with Gasteiger partial charge in [-0.05, 0) is 68.1 Å². The van der Waals surface area contributed by atoms with Crippen LogP contribution in [0.4, 0.5) is 0 Å². The summed E-state index contributed by atoms with van der Waals surface area (Å²) in [6, 6.07) is 55.2. The summed E-state index contributed by atoms with van der Waals surface area (Å²) >= 11 is 0. The fourth-order valence-corrected chi connectivity index (χ4v) is 8.47. The third-order valence-corrected chi connectivity index (χ3v) is 11.1. The highest BCUT2D eigenvalue weighted by Gasteiger charge is 2.35. The second-order valence-electron chi connectivity index (χ2n) is 14.3. The molecular formula is C51H33N3O. The molecule has 0 amide bonds. The van der Waals surface area contributed by atoms with Gasteiger partial charge in [0.15, 0.2) is 17.5 Å². The minimum absolute atomic E-state index is 0.0682. The Balaban J connectivity index is 1.05. The van der Waals surface area contributed by atoms with E-state index in [9.17, 15) is 0 Å². The summed E-state index contributed by atoms with van der Waals surface area (Å²) in [5.74, 6) is 3.23. The van der Waals surface area contributed by atoms with Crippen LogP contribution in [-0.4, -0.2) is 15.0 Å². The van der Waals surface area contributed by atoms with Crippen molar-refractivity contribution in [3.63, 3.8) is 0 Å². The van der Waals surface area contributed by atoms with E-state index in [0.29, 0.717) is 17.5 Å². The molecule has 4 nitrogen and oxygen atoms in total. The number of benzene rings is 7. The quantitative estimate of drug-likeness (QED) is 0.179. The molecule has 0 radical (unpaired) electrons. The summed E-state index contributed by atoms with van der Waals surface area (Å²) in [4.78, 5) is 15.0. The van der Waals surface area contributed by atoms with Crippen LogP contribution in [0.15, 0.2) is 192 Å². The summed E-state index contributed by atoms with van der Waals surface area (Å²) in [6.07, 6.45) is 11.2. The maximum Gasteiger partial charge on any atom is 0.164 e. The van der Waals surface area contributed by atoms with Crippen molar-refractivity contribution in [3.8, 4) is 45.3 Å². The van der Waals surface area contributed by atoms with Gasteiger partial charge in [-0.2, -0.15) is 0 Å². The summed E-state index contributed by atoms with van der Waals surface area (Å²) in [7, 11) is 0. The van der Waals surface area contributed by atoms with Crippen LogP contribution < -0.4 is 0 Å². The minimum atomic E-state index is 0.0682. The standard InChI is InChI=1S/C51H33N3O/c1-3-14-33(15-4-1)49-52-50(34-16-5-2-6-17-34)54-51(53-49)44-28-27-39(41-21-11-12-22-42(41)44)37-25-26-43-45-30-36-19-9-10-20-40(36)47(48(45)55-46(43)31-37)38-24-23-32-13-7-8-18-35(32)29-38/h1-31,40,47H. The average molecular weight is 704 g/mol. The Hall–Kier alpha value is -7.17. The molecule has 2 aliphatic rings. The zero-order valence-corrected chi connectivity index (χ0v) is 29.8. The zero-order valence-electron chi connectivity index (χ0n) is 29.8. The Morgan fingerprint density at radius 2 is 1.13 bits per heavy atom. The lowest BCUT2D eigenvalue weighted by Crippen LogP contribution is -2.19. The number of rotatable bonds is 5. The van der Waals surface area contributed by atoms with Crippen molar-refractivity contribution in [1.82, 2.24) is 15.0 Å². The van der Waals surface area contributed by atoms with Gasteiger partial charge < -0.3 is 4.42 Å². The molecule has 2 aliphatic carbocycles. The molecule has 0 saturated carbocycles. The topological polar surface area (TPSA) is 51.8 Å². The van der Waals surface area contributed by atoms with Gasteiger partial charge in [0.25, 0.3) is 0 Å². The van der Waals surface area contributed by atoms with E-state index >= 15 is 0 Å². The molecule has 2 atom stereocenters. The second-order valence-corrected chi connectivity index (χ2v) is 14.3. The van der Waals surface area contributed by atoms with Crippen molar-refractivity contribution in [1.29, 1.82) is 0 Å². The highest BCUT2D eigenvalue weighted by atomic mass is 16.3. The van der Waals surface area contributed by atoms with Crippen LogP contribution in [-0.2, 0) is 0 Å². The van der Waals surface area contributed by atoms with Crippen molar-refractivity contribution in [2.75, 3.05) is 0 Å². The molecular weight excluding hydrogens is 671 g/mol. The van der Waals surface area contributed by atoms with Crippen LogP contribution in [0.1, 0.15) is 22.8 Å². The van der Waals surface area contributed by atoms with Crippen LogP contribution in [0.25, 0.3) is 83.9 Å². The van der Waals surface area contributed by atoms with Crippen LogP contribution in [0.2, 0.25) is 0 Å². The molecule has 0 fully saturated rings. The summed E-state index contributed by atoms with van der Waals surface area (Å²) < 4.78 is 6.97. The summed E-state index contributed by atoms with van der Waals surface area (Å²) in [6.45, 7) is 0. The monoisotopic (exact) mass is 703 g/mol. The van der Waals surface area contributed by atoms with Gasteiger partial charge in [-0.15, -0.1) is 0 Å². The largest absolute Gasteiger partial charge is 0.460 e. The maximum absolute atomic E-state index is 6.97. The van der Waals surface area contributed by atoms with Gasteiger partial charge in [0, 0.05) is 33.6 Å². The number of aromatic nitrogens is 3. The number of hydrogen-bond acceptors (Lipinski definition) is 4. The van der Waals surface area contributed by atoms with E-state index in [4.69, 9.17) is 19.4 Å². The molecule has 0 saturated heterocycles. The number of allylic oxidation sites excluding steroid dienone is 5. The van der Waals surface area contributed by atoms with Gasteiger partial charge >= 0.3 is 0 Å². The van der Waals surface area contributed by atoms with Gasteiger partial charge in [-0.1, -0.05) is 164 Å². The van der Waals surface area contributed by atoms with Crippen molar-refractivity contribution in [2.45, 2.75) is 5.92 Å². The molecule has 11 rings (SSSR count). The number of nitrogens with zero attached hydrogens (tertiary/aromatic N) is 3. The summed E-state index contributed by atoms with van der Waals surface area (Å²) in [5, 5.41) is 5.81. The molecule has 55 heavy (non-hydrogen) atoms. The highest BCUT2D eigenvalue weighted by Crippen LogP contribution is 2.49. The van der Waals surface area contributed by atoms with E-state index in [1.165, 1.54) is 27.5 Å². The number of fused-ring (bicyclic) bond motifs is 6. The predicted molar refractivity (Wildman–Crippen MR) is 224 cm³/mol. The second kappa shape index (κ2) is 12.8. The van der Waals surface area contributed by atoms with E-state index in [0.717, 1.165) is 55.3 Å². The molecule has 0 N–H and O–H groups in total. The minimum Gasteiger partial charge on any atom is -0.460 e.